The van der Waals surface area contributed by atoms with Gasteiger partial charge in [0.25, 0.3) is 0 Å². The van der Waals surface area contributed by atoms with Crippen molar-refractivity contribution in [1.29, 1.82) is 0 Å². The summed E-state index contributed by atoms with van der Waals surface area (Å²) in [6.45, 7) is 3.61. The van der Waals surface area contributed by atoms with Crippen LogP contribution in [0.2, 0.25) is 0 Å². The number of ether oxygens (including phenoxy) is 3. The zero-order valence-electron chi connectivity index (χ0n) is 15.6. The predicted octanol–water partition coefficient (Wildman–Crippen LogP) is 3.06. The van der Waals surface area contributed by atoms with Crippen LogP contribution in [-0.2, 0) is 16.0 Å². The molecule has 2 heterocycles. The van der Waals surface area contributed by atoms with Crippen LogP contribution in [0.5, 0.6) is 11.5 Å². The first kappa shape index (κ1) is 17.7. The van der Waals surface area contributed by atoms with Crippen molar-refractivity contribution in [1.82, 2.24) is 5.32 Å². The Morgan fingerprint density at radius 2 is 2.08 bits per heavy atom. The Hall–Kier alpha value is -1.75. The van der Waals surface area contributed by atoms with E-state index < -0.39 is 0 Å². The van der Waals surface area contributed by atoms with Gasteiger partial charge in [-0.25, -0.2) is 0 Å². The lowest BCUT2D eigenvalue weighted by atomic mass is 9.89. The summed E-state index contributed by atoms with van der Waals surface area (Å²) in [7, 11) is 1.47. The van der Waals surface area contributed by atoms with Crippen LogP contribution in [0.25, 0.3) is 0 Å². The topological polar surface area (TPSA) is 56.8 Å². The molecule has 0 spiro atoms. The molecule has 1 saturated heterocycles. The lowest BCUT2D eigenvalue weighted by Gasteiger charge is -2.24. The van der Waals surface area contributed by atoms with E-state index in [2.05, 4.69) is 17.4 Å². The molecule has 0 aromatic heterocycles. The maximum atomic E-state index is 11.9. The molecule has 1 aromatic carbocycles. The SMILES string of the molecule is COC(=O)CC(c1cc2c(c(OCC3CCNCC3)c1)OCC2)C1CC1. The summed E-state index contributed by atoms with van der Waals surface area (Å²) in [6, 6.07) is 4.35. The van der Waals surface area contributed by atoms with Crippen molar-refractivity contribution < 1.29 is 19.0 Å². The van der Waals surface area contributed by atoms with E-state index in [0.717, 1.165) is 50.5 Å². The molecule has 5 heteroatoms. The highest BCUT2D eigenvalue weighted by molar-refractivity contribution is 5.70. The number of hydrogen-bond donors (Lipinski definition) is 1. The lowest BCUT2D eigenvalue weighted by Crippen LogP contribution is -2.30. The van der Waals surface area contributed by atoms with E-state index in [1.165, 1.54) is 31.1 Å². The summed E-state index contributed by atoms with van der Waals surface area (Å²) < 4.78 is 17.0. The minimum Gasteiger partial charge on any atom is -0.489 e. The first-order chi connectivity index (χ1) is 12.7. The van der Waals surface area contributed by atoms with Crippen molar-refractivity contribution in [3.05, 3.63) is 23.3 Å². The Labute approximate surface area is 155 Å². The number of carbonyl (C=O) groups is 1. The van der Waals surface area contributed by atoms with Crippen LogP contribution in [0.4, 0.5) is 0 Å². The quantitative estimate of drug-likeness (QED) is 0.759. The standard InChI is InChI=1S/C21H29NO4/c1-24-20(23)12-18(15-2-3-15)17-10-16-6-9-25-21(16)19(11-17)26-13-14-4-7-22-8-5-14/h10-11,14-15,18,22H,2-9,12-13H2,1H3. The third-order valence-corrected chi connectivity index (χ3v) is 5.94. The second-order valence-corrected chi connectivity index (χ2v) is 7.83. The van der Waals surface area contributed by atoms with Crippen molar-refractivity contribution in [3.63, 3.8) is 0 Å². The molecule has 1 N–H and O–H groups in total. The molecule has 4 rings (SSSR count). The van der Waals surface area contributed by atoms with Crippen molar-refractivity contribution in [2.75, 3.05) is 33.4 Å². The number of nitrogens with one attached hydrogen (secondary N) is 1. The fraction of sp³-hybridized carbons (Fsp3) is 0.667. The van der Waals surface area contributed by atoms with Gasteiger partial charge in [0.2, 0.25) is 0 Å². The Balaban J connectivity index is 1.54. The van der Waals surface area contributed by atoms with Gasteiger partial charge in [0.1, 0.15) is 0 Å². The number of rotatable bonds is 7. The number of methoxy groups -OCH3 is 1. The highest BCUT2D eigenvalue weighted by Crippen LogP contribution is 2.48. The molecule has 2 aliphatic heterocycles. The van der Waals surface area contributed by atoms with Gasteiger partial charge in [-0.3, -0.25) is 4.79 Å². The third-order valence-electron chi connectivity index (χ3n) is 5.94. The van der Waals surface area contributed by atoms with E-state index in [4.69, 9.17) is 14.2 Å². The summed E-state index contributed by atoms with van der Waals surface area (Å²) in [6.07, 6.45) is 6.09. The number of hydrogen-bond acceptors (Lipinski definition) is 5. The van der Waals surface area contributed by atoms with Crippen molar-refractivity contribution >= 4 is 5.97 Å². The van der Waals surface area contributed by atoms with Gasteiger partial charge in [0.05, 0.1) is 26.7 Å². The molecule has 5 nitrogen and oxygen atoms in total. The Bertz CT molecular complexity index is 650. The second kappa shape index (κ2) is 7.87. The summed E-state index contributed by atoms with van der Waals surface area (Å²) in [5, 5.41) is 3.40. The average Bonchev–Trinajstić information content (AvgIpc) is 3.41. The van der Waals surface area contributed by atoms with Crippen molar-refractivity contribution in [2.24, 2.45) is 11.8 Å². The van der Waals surface area contributed by atoms with E-state index >= 15 is 0 Å². The highest BCUT2D eigenvalue weighted by Gasteiger charge is 2.35. The fourth-order valence-corrected chi connectivity index (χ4v) is 4.19. The number of esters is 1. The number of carbonyl (C=O) groups excluding carboxylic acids is 1. The monoisotopic (exact) mass is 359 g/mol. The molecule has 0 bridgehead atoms. The Kier molecular flexibility index (Phi) is 5.34. The molecule has 1 saturated carbocycles. The van der Waals surface area contributed by atoms with Gasteiger partial charge in [-0.05, 0) is 68.2 Å². The molecular formula is C21H29NO4. The van der Waals surface area contributed by atoms with Gasteiger partial charge in [0, 0.05) is 12.0 Å². The van der Waals surface area contributed by atoms with E-state index in [-0.39, 0.29) is 11.9 Å². The van der Waals surface area contributed by atoms with E-state index in [9.17, 15) is 4.79 Å². The van der Waals surface area contributed by atoms with E-state index in [1.54, 1.807) is 0 Å². The molecular weight excluding hydrogens is 330 g/mol. The molecule has 2 fully saturated rings. The zero-order valence-corrected chi connectivity index (χ0v) is 15.6. The molecule has 1 aromatic rings. The molecule has 26 heavy (non-hydrogen) atoms. The van der Waals surface area contributed by atoms with Crippen molar-refractivity contribution in [2.45, 2.75) is 44.4 Å². The average molecular weight is 359 g/mol. The van der Waals surface area contributed by atoms with E-state index in [1.807, 2.05) is 0 Å². The van der Waals surface area contributed by atoms with Crippen LogP contribution >= 0.6 is 0 Å². The van der Waals surface area contributed by atoms with Crippen LogP contribution in [0.15, 0.2) is 12.1 Å². The number of fused-ring (bicyclic) bond motifs is 1. The zero-order chi connectivity index (χ0) is 17.9. The molecule has 0 radical (unpaired) electrons. The maximum Gasteiger partial charge on any atom is 0.306 e. The highest BCUT2D eigenvalue weighted by atomic mass is 16.5. The Morgan fingerprint density at radius 3 is 2.81 bits per heavy atom. The third kappa shape index (κ3) is 3.98. The van der Waals surface area contributed by atoms with Crippen LogP contribution in [0.1, 0.15) is 49.1 Å². The van der Waals surface area contributed by atoms with Gasteiger partial charge in [0.15, 0.2) is 11.5 Å². The molecule has 142 valence electrons. The molecule has 0 amide bonds. The smallest absolute Gasteiger partial charge is 0.306 e. The van der Waals surface area contributed by atoms with Gasteiger partial charge < -0.3 is 19.5 Å². The molecule has 1 atom stereocenters. The first-order valence-corrected chi connectivity index (χ1v) is 9.94. The minimum atomic E-state index is -0.129. The predicted molar refractivity (Wildman–Crippen MR) is 98.8 cm³/mol. The normalized spacial score (nSPS) is 21.0. The van der Waals surface area contributed by atoms with Crippen LogP contribution in [0.3, 0.4) is 0 Å². The first-order valence-electron chi connectivity index (χ1n) is 9.94. The summed E-state index contributed by atoms with van der Waals surface area (Å²) in [5.74, 6) is 3.07. The number of piperidine rings is 1. The van der Waals surface area contributed by atoms with Gasteiger partial charge in [-0.15, -0.1) is 0 Å². The van der Waals surface area contributed by atoms with Crippen molar-refractivity contribution in [3.8, 4) is 11.5 Å². The van der Waals surface area contributed by atoms with Gasteiger partial charge in [-0.1, -0.05) is 6.07 Å². The molecule has 1 unspecified atom stereocenters. The number of benzene rings is 1. The molecule has 3 aliphatic rings. The summed E-state index contributed by atoms with van der Waals surface area (Å²) in [5.41, 5.74) is 2.43. The maximum absolute atomic E-state index is 11.9. The van der Waals surface area contributed by atoms with E-state index in [0.29, 0.717) is 24.9 Å². The van der Waals surface area contributed by atoms with Crippen LogP contribution < -0.4 is 14.8 Å². The summed E-state index contributed by atoms with van der Waals surface area (Å²) in [4.78, 5) is 11.9. The van der Waals surface area contributed by atoms with Gasteiger partial charge in [-0.2, -0.15) is 0 Å². The largest absolute Gasteiger partial charge is 0.489 e. The second-order valence-electron chi connectivity index (χ2n) is 7.83. The van der Waals surface area contributed by atoms with Crippen LogP contribution in [0, 0.1) is 11.8 Å². The fourth-order valence-electron chi connectivity index (χ4n) is 4.19. The van der Waals surface area contributed by atoms with Gasteiger partial charge >= 0.3 is 5.97 Å². The minimum absolute atomic E-state index is 0.129. The van der Waals surface area contributed by atoms with Crippen LogP contribution in [-0.4, -0.2) is 39.4 Å². The Morgan fingerprint density at radius 1 is 1.27 bits per heavy atom. The summed E-state index contributed by atoms with van der Waals surface area (Å²) >= 11 is 0. The molecule has 1 aliphatic carbocycles. The lowest BCUT2D eigenvalue weighted by molar-refractivity contribution is -0.141.